The largest absolute Gasteiger partial charge is 0.378 e. The summed E-state index contributed by atoms with van der Waals surface area (Å²) in [6.45, 7) is 4.22. The highest BCUT2D eigenvalue weighted by Crippen LogP contribution is 2.25. The van der Waals surface area contributed by atoms with Crippen LogP contribution in [-0.2, 0) is 0 Å². The molecule has 0 bridgehead atoms. The summed E-state index contributed by atoms with van der Waals surface area (Å²) in [5, 5.41) is 0. The van der Waals surface area contributed by atoms with E-state index in [1.54, 1.807) is 0 Å². The van der Waals surface area contributed by atoms with Crippen LogP contribution in [0.25, 0.3) is 0 Å². The molecular weight excluding hydrogens is 246 g/mol. The molecule has 1 atom stereocenters. The second-order valence-electron chi connectivity index (χ2n) is 5.51. The van der Waals surface area contributed by atoms with Gasteiger partial charge in [0.25, 0.3) is 0 Å². The topological polar surface area (TPSA) is 41.3 Å². The van der Waals surface area contributed by atoms with Crippen molar-refractivity contribution in [2.24, 2.45) is 5.84 Å². The molecule has 0 aliphatic carbocycles. The maximum Gasteiger partial charge on any atom is 0.0710 e. The van der Waals surface area contributed by atoms with E-state index in [1.165, 1.54) is 27.9 Å². The predicted octanol–water partition coefficient (Wildman–Crippen LogP) is 2.92. The normalized spacial score (nSPS) is 12.2. The third-order valence-electron chi connectivity index (χ3n) is 3.49. The number of hydrogen-bond acceptors (Lipinski definition) is 3. The van der Waals surface area contributed by atoms with Crippen LogP contribution >= 0.6 is 0 Å². The minimum Gasteiger partial charge on any atom is -0.378 e. The monoisotopic (exact) mass is 269 g/mol. The molecular formula is C17H23N3. The second-order valence-corrected chi connectivity index (χ2v) is 5.51. The molecule has 2 aromatic carbocycles. The Morgan fingerprint density at radius 2 is 1.45 bits per heavy atom. The smallest absolute Gasteiger partial charge is 0.0710 e. The van der Waals surface area contributed by atoms with E-state index in [0.29, 0.717) is 0 Å². The molecule has 0 saturated heterocycles. The van der Waals surface area contributed by atoms with Gasteiger partial charge in [-0.3, -0.25) is 5.84 Å². The third kappa shape index (κ3) is 3.18. The number of hydrogen-bond donors (Lipinski definition) is 2. The zero-order valence-electron chi connectivity index (χ0n) is 12.6. The highest BCUT2D eigenvalue weighted by molar-refractivity contribution is 5.48. The van der Waals surface area contributed by atoms with Crippen molar-refractivity contribution >= 4 is 5.69 Å². The lowest BCUT2D eigenvalue weighted by atomic mass is 9.96. The number of nitrogens with zero attached hydrogens (tertiary/aromatic N) is 1. The average Bonchev–Trinajstić information content (AvgIpc) is 2.39. The molecule has 106 valence electrons. The van der Waals surface area contributed by atoms with E-state index in [-0.39, 0.29) is 6.04 Å². The van der Waals surface area contributed by atoms with Crippen LogP contribution in [0.5, 0.6) is 0 Å². The van der Waals surface area contributed by atoms with Crippen LogP contribution in [0.15, 0.2) is 42.5 Å². The van der Waals surface area contributed by atoms with Gasteiger partial charge in [0.05, 0.1) is 6.04 Å². The summed E-state index contributed by atoms with van der Waals surface area (Å²) < 4.78 is 0. The Labute approximate surface area is 121 Å². The summed E-state index contributed by atoms with van der Waals surface area (Å²) in [5.41, 5.74) is 8.99. The number of nitrogens with one attached hydrogen (secondary N) is 1. The minimum atomic E-state index is 0.0183. The van der Waals surface area contributed by atoms with Crippen LogP contribution < -0.4 is 16.2 Å². The van der Waals surface area contributed by atoms with E-state index >= 15 is 0 Å². The summed E-state index contributed by atoms with van der Waals surface area (Å²) in [4.78, 5) is 2.09. The van der Waals surface area contributed by atoms with Crippen molar-refractivity contribution in [1.29, 1.82) is 0 Å². The van der Waals surface area contributed by atoms with Gasteiger partial charge in [0.2, 0.25) is 0 Å². The molecule has 0 aliphatic rings. The number of hydrazine groups is 1. The van der Waals surface area contributed by atoms with Crippen LogP contribution in [0, 0.1) is 13.8 Å². The molecule has 3 nitrogen and oxygen atoms in total. The Hall–Kier alpha value is -1.84. The van der Waals surface area contributed by atoms with Gasteiger partial charge < -0.3 is 4.90 Å². The predicted molar refractivity (Wildman–Crippen MR) is 85.9 cm³/mol. The lowest BCUT2D eigenvalue weighted by molar-refractivity contribution is 0.636. The van der Waals surface area contributed by atoms with E-state index in [4.69, 9.17) is 5.84 Å². The molecule has 0 aromatic heterocycles. The summed E-state index contributed by atoms with van der Waals surface area (Å²) in [7, 11) is 4.08. The van der Waals surface area contributed by atoms with Crippen molar-refractivity contribution in [2.75, 3.05) is 19.0 Å². The van der Waals surface area contributed by atoms with Crippen molar-refractivity contribution in [3.63, 3.8) is 0 Å². The molecule has 0 amide bonds. The molecule has 3 N–H and O–H groups in total. The van der Waals surface area contributed by atoms with Crippen LogP contribution in [0.2, 0.25) is 0 Å². The molecule has 3 heteroatoms. The van der Waals surface area contributed by atoms with E-state index in [9.17, 15) is 0 Å². The lowest BCUT2D eigenvalue weighted by Crippen LogP contribution is -2.29. The highest BCUT2D eigenvalue weighted by atomic mass is 15.2. The second kappa shape index (κ2) is 6.07. The Balaban J connectivity index is 2.36. The first-order valence-corrected chi connectivity index (χ1v) is 6.83. The number of nitrogens with two attached hydrogens (primary N) is 1. The molecule has 0 aliphatic heterocycles. The Kier molecular flexibility index (Phi) is 4.42. The number of aryl methyl sites for hydroxylation is 2. The van der Waals surface area contributed by atoms with Crippen molar-refractivity contribution in [2.45, 2.75) is 19.9 Å². The quantitative estimate of drug-likeness (QED) is 0.662. The maximum absolute atomic E-state index is 5.77. The van der Waals surface area contributed by atoms with Gasteiger partial charge in [-0.25, -0.2) is 5.43 Å². The number of rotatable bonds is 4. The summed E-state index contributed by atoms with van der Waals surface area (Å²) in [6, 6.07) is 15.0. The highest BCUT2D eigenvalue weighted by Gasteiger charge is 2.13. The fourth-order valence-corrected chi connectivity index (χ4v) is 2.53. The minimum absolute atomic E-state index is 0.0183. The number of benzene rings is 2. The van der Waals surface area contributed by atoms with Crippen LogP contribution in [0.3, 0.4) is 0 Å². The van der Waals surface area contributed by atoms with Gasteiger partial charge in [-0.05, 0) is 37.1 Å². The molecule has 2 rings (SSSR count). The molecule has 0 saturated carbocycles. The molecule has 2 aromatic rings. The van der Waals surface area contributed by atoms with E-state index in [0.717, 1.165) is 0 Å². The zero-order valence-corrected chi connectivity index (χ0v) is 12.6. The Morgan fingerprint density at radius 1 is 0.900 bits per heavy atom. The van der Waals surface area contributed by atoms with Crippen LogP contribution in [-0.4, -0.2) is 14.1 Å². The van der Waals surface area contributed by atoms with Crippen LogP contribution in [0.1, 0.15) is 28.3 Å². The summed E-state index contributed by atoms with van der Waals surface area (Å²) >= 11 is 0. The molecule has 0 heterocycles. The third-order valence-corrected chi connectivity index (χ3v) is 3.49. The standard InChI is InChI=1S/C17H23N3/c1-12-9-13(2)11-15(10-12)17(19-18)14-5-7-16(8-6-14)20(3)4/h5-11,17,19H,18H2,1-4H3. The summed E-state index contributed by atoms with van der Waals surface area (Å²) in [5.74, 6) is 5.77. The molecule has 0 radical (unpaired) electrons. The molecule has 0 fully saturated rings. The lowest BCUT2D eigenvalue weighted by Gasteiger charge is -2.20. The van der Waals surface area contributed by atoms with Crippen molar-refractivity contribution in [1.82, 2.24) is 5.43 Å². The Bertz CT molecular complexity index is 553. The fraction of sp³-hybridized carbons (Fsp3) is 0.294. The van der Waals surface area contributed by atoms with E-state index in [2.05, 4.69) is 66.6 Å². The van der Waals surface area contributed by atoms with E-state index < -0.39 is 0 Å². The average molecular weight is 269 g/mol. The Morgan fingerprint density at radius 3 is 1.90 bits per heavy atom. The molecule has 0 spiro atoms. The fourth-order valence-electron chi connectivity index (χ4n) is 2.53. The summed E-state index contributed by atoms with van der Waals surface area (Å²) in [6.07, 6.45) is 0. The van der Waals surface area contributed by atoms with Gasteiger partial charge in [-0.15, -0.1) is 0 Å². The van der Waals surface area contributed by atoms with Crippen molar-refractivity contribution in [3.8, 4) is 0 Å². The first-order chi connectivity index (χ1) is 9.51. The maximum atomic E-state index is 5.77. The molecule has 20 heavy (non-hydrogen) atoms. The van der Waals surface area contributed by atoms with E-state index in [1.807, 2.05) is 14.1 Å². The zero-order chi connectivity index (χ0) is 14.7. The van der Waals surface area contributed by atoms with Gasteiger partial charge in [0.1, 0.15) is 0 Å². The molecule has 1 unspecified atom stereocenters. The first kappa shape index (κ1) is 14.6. The van der Waals surface area contributed by atoms with Gasteiger partial charge in [0, 0.05) is 19.8 Å². The van der Waals surface area contributed by atoms with Gasteiger partial charge in [-0.2, -0.15) is 0 Å². The SMILES string of the molecule is Cc1cc(C)cc(C(NN)c2ccc(N(C)C)cc2)c1. The van der Waals surface area contributed by atoms with Gasteiger partial charge in [0.15, 0.2) is 0 Å². The van der Waals surface area contributed by atoms with Gasteiger partial charge >= 0.3 is 0 Å². The van der Waals surface area contributed by atoms with Gasteiger partial charge in [-0.1, -0.05) is 41.5 Å². The van der Waals surface area contributed by atoms with Crippen molar-refractivity contribution in [3.05, 3.63) is 64.7 Å². The number of anilines is 1. The van der Waals surface area contributed by atoms with Crippen molar-refractivity contribution < 1.29 is 0 Å². The first-order valence-electron chi connectivity index (χ1n) is 6.83. The van der Waals surface area contributed by atoms with Crippen LogP contribution in [0.4, 0.5) is 5.69 Å².